The van der Waals surface area contributed by atoms with Crippen LogP contribution in [0.15, 0.2) is 66.7 Å². The Morgan fingerprint density at radius 1 is 1.00 bits per heavy atom. The van der Waals surface area contributed by atoms with E-state index in [-0.39, 0.29) is 31.1 Å². The van der Waals surface area contributed by atoms with Gasteiger partial charge >= 0.3 is 0 Å². The molecule has 35 heavy (non-hydrogen) atoms. The third kappa shape index (κ3) is 6.15. The first-order valence-electron chi connectivity index (χ1n) is 10.7. The van der Waals surface area contributed by atoms with Crippen molar-refractivity contribution in [2.75, 3.05) is 18.5 Å². The van der Waals surface area contributed by atoms with E-state index in [1.165, 1.54) is 12.1 Å². The van der Waals surface area contributed by atoms with Gasteiger partial charge in [-0.25, -0.2) is 0 Å². The second-order valence-corrected chi connectivity index (χ2v) is 7.88. The molecule has 1 amide bonds. The predicted molar refractivity (Wildman–Crippen MR) is 136 cm³/mol. The van der Waals surface area contributed by atoms with Crippen molar-refractivity contribution in [1.82, 2.24) is 0 Å². The Morgan fingerprint density at radius 3 is 2.43 bits per heavy atom. The summed E-state index contributed by atoms with van der Waals surface area (Å²) >= 11 is 6.07. The van der Waals surface area contributed by atoms with Gasteiger partial charge in [-0.2, -0.15) is 0 Å². The molecule has 4 N–H and O–H groups in total. The first-order valence-corrected chi connectivity index (χ1v) is 11.1. The average Bonchev–Trinajstić information content (AvgIpc) is 2.86. The SMILES string of the molecule is CC#CCOC(CC#CCO)(C(=O)Nc1ccccc1-c1ccc(O)c(O)c1)c1ccc(Cl)cc1. The average molecular weight is 490 g/mol. The van der Waals surface area contributed by atoms with E-state index in [4.69, 9.17) is 21.4 Å². The maximum absolute atomic E-state index is 13.9. The Hall–Kier alpha value is -3.94. The fourth-order valence-corrected chi connectivity index (χ4v) is 3.59. The van der Waals surface area contributed by atoms with Gasteiger partial charge in [-0.05, 0) is 48.4 Å². The summed E-state index contributed by atoms with van der Waals surface area (Å²) < 4.78 is 6.07. The smallest absolute Gasteiger partial charge is 0.262 e. The molecule has 0 aliphatic carbocycles. The normalized spacial score (nSPS) is 11.9. The molecule has 0 aliphatic rings. The minimum Gasteiger partial charge on any atom is -0.504 e. The summed E-state index contributed by atoms with van der Waals surface area (Å²) in [4.78, 5) is 13.9. The van der Waals surface area contributed by atoms with E-state index in [0.29, 0.717) is 27.4 Å². The number of aromatic hydroxyl groups is 2. The monoisotopic (exact) mass is 489 g/mol. The molecule has 0 heterocycles. The number of halogens is 1. The molecular weight excluding hydrogens is 466 g/mol. The number of hydrogen-bond acceptors (Lipinski definition) is 5. The Bertz CT molecular complexity index is 1310. The first kappa shape index (κ1) is 25.7. The number of phenolic OH excluding ortho intramolecular Hbond substituents is 2. The second kappa shape index (κ2) is 12.0. The molecule has 0 saturated heterocycles. The molecule has 3 aromatic rings. The van der Waals surface area contributed by atoms with Crippen molar-refractivity contribution in [2.45, 2.75) is 18.9 Å². The van der Waals surface area contributed by atoms with Crippen molar-refractivity contribution >= 4 is 23.2 Å². The molecule has 3 rings (SSSR count). The molecule has 0 fully saturated rings. The summed E-state index contributed by atoms with van der Waals surface area (Å²) in [6.07, 6.45) is -0.0470. The zero-order valence-electron chi connectivity index (χ0n) is 19.0. The molecule has 3 aromatic carbocycles. The van der Waals surface area contributed by atoms with Crippen LogP contribution in [0.5, 0.6) is 11.5 Å². The fraction of sp³-hybridized carbons (Fsp3) is 0.179. The molecule has 0 saturated carbocycles. The molecular formula is C28H24ClNO5. The van der Waals surface area contributed by atoms with Crippen molar-refractivity contribution < 1.29 is 24.9 Å². The third-order valence-corrected chi connectivity index (χ3v) is 5.50. The number of amides is 1. The summed E-state index contributed by atoms with van der Waals surface area (Å²) in [7, 11) is 0. The molecule has 0 radical (unpaired) electrons. The highest BCUT2D eigenvalue weighted by molar-refractivity contribution is 6.30. The highest BCUT2D eigenvalue weighted by atomic mass is 35.5. The van der Waals surface area contributed by atoms with Crippen LogP contribution in [0, 0.1) is 23.7 Å². The fourth-order valence-electron chi connectivity index (χ4n) is 3.46. The van der Waals surface area contributed by atoms with Crippen LogP contribution in [-0.2, 0) is 15.1 Å². The number of aliphatic hydroxyl groups is 1. The van der Waals surface area contributed by atoms with Crippen molar-refractivity contribution in [3.63, 3.8) is 0 Å². The predicted octanol–water partition coefficient (Wildman–Crippen LogP) is 4.68. The van der Waals surface area contributed by atoms with Gasteiger partial charge in [0.05, 0.1) is 6.42 Å². The topological polar surface area (TPSA) is 99.0 Å². The van der Waals surface area contributed by atoms with Crippen LogP contribution in [0.4, 0.5) is 5.69 Å². The first-order chi connectivity index (χ1) is 16.9. The molecule has 0 spiro atoms. The number of para-hydroxylation sites is 1. The summed E-state index contributed by atoms with van der Waals surface area (Å²) in [6, 6.07) is 18.1. The molecule has 7 heteroatoms. The van der Waals surface area contributed by atoms with Crippen LogP contribution in [0.2, 0.25) is 5.02 Å². The summed E-state index contributed by atoms with van der Waals surface area (Å²) in [6.45, 7) is 1.28. The zero-order chi connectivity index (χ0) is 25.3. The van der Waals surface area contributed by atoms with E-state index in [0.717, 1.165) is 0 Å². The molecule has 6 nitrogen and oxygen atoms in total. The van der Waals surface area contributed by atoms with Crippen LogP contribution in [-0.4, -0.2) is 34.4 Å². The number of carbonyl (C=O) groups excluding carboxylic acids is 1. The standard InChI is InChI=1S/C28H24ClNO5/c1-2-3-18-35-28(16-6-7-17-31,21-11-13-22(29)14-12-21)27(34)30-24-9-5-4-8-23(24)20-10-15-25(32)26(33)19-20/h4-5,8-15,19,31-33H,16-18H2,1H3,(H,30,34). The van der Waals surface area contributed by atoms with Gasteiger partial charge in [0.25, 0.3) is 5.91 Å². The minimum atomic E-state index is -1.55. The van der Waals surface area contributed by atoms with Gasteiger partial charge in [0, 0.05) is 16.3 Å². The lowest BCUT2D eigenvalue weighted by atomic mass is 9.88. The van der Waals surface area contributed by atoms with Crippen molar-refractivity contribution in [1.29, 1.82) is 0 Å². The number of rotatable bonds is 7. The third-order valence-electron chi connectivity index (χ3n) is 5.25. The molecule has 0 aromatic heterocycles. The van der Waals surface area contributed by atoms with Crippen LogP contribution >= 0.6 is 11.6 Å². The van der Waals surface area contributed by atoms with Gasteiger partial charge in [-0.3, -0.25) is 4.79 Å². The lowest BCUT2D eigenvalue weighted by molar-refractivity contribution is -0.140. The molecule has 178 valence electrons. The maximum Gasteiger partial charge on any atom is 0.262 e. The number of nitrogens with one attached hydrogen (secondary N) is 1. The lowest BCUT2D eigenvalue weighted by Gasteiger charge is -2.31. The summed E-state index contributed by atoms with van der Waals surface area (Å²) in [5.74, 6) is 9.93. The quantitative estimate of drug-likeness (QED) is 0.285. The number of ether oxygens (including phenoxy) is 1. The number of anilines is 1. The molecule has 0 bridgehead atoms. The minimum absolute atomic E-state index is 0.0270. The number of hydrogen-bond donors (Lipinski definition) is 4. The Labute approximate surface area is 209 Å². The van der Waals surface area contributed by atoms with E-state index in [9.17, 15) is 15.0 Å². The van der Waals surface area contributed by atoms with E-state index >= 15 is 0 Å². The van der Waals surface area contributed by atoms with E-state index in [1.54, 1.807) is 61.5 Å². The van der Waals surface area contributed by atoms with Gasteiger partial charge in [0.2, 0.25) is 0 Å². The number of aliphatic hydroxyl groups excluding tert-OH is 1. The molecule has 0 aliphatic heterocycles. The maximum atomic E-state index is 13.9. The second-order valence-electron chi connectivity index (χ2n) is 7.44. The highest BCUT2D eigenvalue weighted by Crippen LogP contribution is 2.37. The van der Waals surface area contributed by atoms with Crippen LogP contribution in [0.25, 0.3) is 11.1 Å². The van der Waals surface area contributed by atoms with Crippen LogP contribution in [0.3, 0.4) is 0 Å². The Kier molecular flexibility index (Phi) is 8.78. The van der Waals surface area contributed by atoms with E-state index in [1.807, 2.05) is 0 Å². The Balaban J connectivity index is 2.08. The van der Waals surface area contributed by atoms with E-state index in [2.05, 4.69) is 29.0 Å². The van der Waals surface area contributed by atoms with Gasteiger partial charge < -0.3 is 25.4 Å². The van der Waals surface area contributed by atoms with E-state index < -0.39 is 11.5 Å². The van der Waals surface area contributed by atoms with Gasteiger partial charge in [0.15, 0.2) is 17.1 Å². The lowest BCUT2D eigenvalue weighted by Crippen LogP contribution is -2.43. The summed E-state index contributed by atoms with van der Waals surface area (Å²) in [5.41, 5.74) is 0.633. The van der Waals surface area contributed by atoms with Gasteiger partial charge in [-0.1, -0.05) is 65.8 Å². The zero-order valence-corrected chi connectivity index (χ0v) is 19.8. The number of benzene rings is 3. The van der Waals surface area contributed by atoms with Crippen LogP contribution in [0.1, 0.15) is 18.9 Å². The molecule has 1 unspecified atom stereocenters. The van der Waals surface area contributed by atoms with Crippen LogP contribution < -0.4 is 5.32 Å². The van der Waals surface area contributed by atoms with Crippen molar-refractivity contribution in [2.24, 2.45) is 0 Å². The van der Waals surface area contributed by atoms with Crippen molar-refractivity contribution in [3.05, 3.63) is 77.3 Å². The molecule has 1 atom stereocenters. The Morgan fingerprint density at radius 2 is 1.74 bits per heavy atom. The largest absolute Gasteiger partial charge is 0.504 e. The van der Waals surface area contributed by atoms with Crippen molar-refractivity contribution in [3.8, 4) is 46.3 Å². The summed E-state index contributed by atoms with van der Waals surface area (Å²) in [5, 5.41) is 32.2. The van der Waals surface area contributed by atoms with Gasteiger partial charge in [0.1, 0.15) is 13.2 Å². The van der Waals surface area contributed by atoms with Gasteiger partial charge in [-0.15, -0.1) is 5.92 Å². The highest BCUT2D eigenvalue weighted by Gasteiger charge is 2.41. The number of phenols is 2. The number of carbonyl (C=O) groups is 1.